The highest BCUT2D eigenvalue weighted by molar-refractivity contribution is 6.03. The molecule has 2 atom stereocenters. The first-order valence-corrected chi connectivity index (χ1v) is 9.44. The summed E-state index contributed by atoms with van der Waals surface area (Å²) >= 11 is 0. The second kappa shape index (κ2) is 7.62. The van der Waals surface area contributed by atoms with Crippen molar-refractivity contribution in [3.05, 3.63) is 76.7 Å². The molecule has 0 fully saturated rings. The van der Waals surface area contributed by atoms with E-state index < -0.39 is 23.7 Å². The zero-order valence-corrected chi connectivity index (χ0v) is 16.8. The second-order valence-corrected chi connectivity index (χ2v) is 7.15. The van der Waals surface area contributed by atoms with Crippen LogP contribution in [0.3, 0.4) is 0 Å². The fourth-order valence-electron chi connectivity index (χ4n) is 3.91. The van der Waals surface area contributed by atoms with E-state index in [2.05, 4.69) is 15.7 Å². The van der Waals surface area contributed by atoms with Crippen molar-refractivity contribution in [3.63, 3.8) is 0 Å². The third-order valence-electron chi connectivity index (χ3n) is 5.29. The fourth-order valence-corrected chi connectivity index (χ4v) is 3.91. The molecule has 3 aromatic rings. The lowest BCUT2D eigenvalue weighted by Crippen LogP contribution is -2.50. The summed E-state index contributed by atoms with van der Waals surface area (Å²) in [4.78, 5) is 25.8. The molecule has 1 aliphatic heterocycles. The fraction of sp³-hybridized carbons (Fsp3) is 0.227. The van der Waals surface area contributed by atoms with Gasteiger partial charge in [-0.1, -0.05) is 24.3 Å². The first kappa shape index (κ1) is 19.6. The number of fused-ring (bicyclic) bond motifs is 1. The van der Waals surface area contributed by atoms with Gasteiger partial charge in [-0.2, -0.15) is 5.10 Å². The molecule has 7 nitrogen and oxygen atoms in total. The number of hydrogen-bond donors (Lipinski definition) is 2. The van der Waals surface area contributed by atoms with E-state index in [1.807, 2.05) is 6.92 Å². The Bertz CT molecular complexity index is 1130. The van der Waals surface area contributed by atoms with Crippen molar-refractivity contribution in [3.8, 4) is 5.75 Å². The molecule has 30 heavy (non-hydrogen) atoms. The number of carbonyl (C=O) groups is 2. The number of amides is 2. The average Bonchev–Trinajstić information content (AvgIpc) is 3.02. The van der Waals surface area contributed by atoms with Crippen LogP contribution < -0.4 is 15.4 Å². The Morgan fingerprint density at radius 2 is 1.97 bits per heavy atom. The molecule has 0 saturated heterocycles. The zero-order chi connectivity index (χ0) is 21.4. The maximum Gasteiger partial charge on any atom is 0.251 e. The van der Waals surface area contributed by atoms with Gasteiger partial charge in [0.2, 0.25) is 5.91 Å². The van der Waals surface area contributed by atoms with Crippen LogP contribution in [0.4, 0.5) is 10.2 Å². The van der Waals surface area contributed by atoms with Crippen molar-refractivity contribution in [1.82, 2.24) is 15.1 Å². The summed E-state index contributed by atoms with van der Waals surface area (Å²) in [6.45, 7) is 1.82. The number of nitrogens with one attached hydrogen (secondary N) is 2. The number of carbonyl (C=O) groups excluding carboxylic acids is 2. The van der Waals surface area contributed by atoms with E-state index in [1.54, 1.807) is 48.1 Å². The van der Waals surface area contributed by atoms with Gasteiger partial charge >= 0.3 is 0 Å². The van der Waals surface area contributed by atoms with Crippen LogP contribution in [0.15, 0.2) is 48.5 Å². The van der Waals surface area contributed by atoms with Crippen molar-refractivity contribution in [2.75, 3.05) is 12.4 Å². The molecule has 0 aliphatic carbocycles. The Morgan fingerprint density at radius 1 is 1.23 bits per heavy atom. The molecule has 0 unspecified atom stereocenters. The standard InChI is InChI=1S/C22H21FN4O3/c1-12-17-18(14-9-10-16(30-3)15(23)11-14)19(22(29)25-20(17)27(2)26-12)24-21(28)13-7-5-4-6-8-13/h4-11,18-19H,1-3H3,(H,24,28)(H,25,29)/t18-,19+/m1/s1. The summed E-state index contributed by atoms with van der Waals surface area (Å²) in [5.74, 6) is -1.31. The lowest BCUT2D eigenvalue weighted by molar-refractivity contribution is -0.118. The highest BCUT2D eigenvalue weighted by atomic mass is 19.1. The van der Waals surface area contributed by atoms with Gasteiger partial charge < -0.3 is 15.4 Å². The molecular formula is C22H21FN4O3. The third kappa shape index (κ3) is 3.30. The van der Waals surface area contributed by atoms with Crippen molar-refractivity contribution in [2.45, 2.75) is 18.9 Å². The first-order chi connectivity index (χ1) is 14.4. The Balaban J connectivity index is 1.81. The minimum atomic E-state index is -0.944. The molecule has 4 rings (SSSR count). The number of ether oxygens (including phenoxy) is 1. The molecule has 1 aromatic heterocycles. The number of methoxy groups -OCH3 is 1. The van der Waals surface area contributed by atoms with Crippen LogP contribution in [-0.4, -0.2) is 34.7 Å². The molecule has 154 valence electrons. The number of anilines is 1. The number of aryl methyl sites for hydroxylation is 2. The highest BCUT2D eigenvalue weighted by Gasteiger charge is 2.41. The lowest BCUT2D eigenvalue weighted by atomic mass is 9.81. The average molecular weight is 408 g/mol. The number of benzene rings is 2. The summed E-state index contributed by atoms with van der Waals surface area (Å²) < 4.78 is 21.1. The van der Waals surface area contributed by atoms with Crippen molar-refractivity contribution < 1.29 is 18.7 Å². The van der Waals surface area contributed by atoms with E-state index in [0.29, 0.717) is 22.6 Å². The van der Waals surface area contributed by atoms with Gasteiger partial charge in [0.25, 0.3) is 5.91 Å². The first-order valence-electron chi connectivity index (χ1n) is 9.44. The molecule has 1 aliphatic rings. The number of rotatable bonds is 4. The molecule has 2 heterocycles. The molecule has 2 aromatic carbocycles. The van der Waals surface area contributed by atoms with Gasteiger partial charge in [0.05, 0.1) is 12.8 Å². The van der Waals surface area contributed by atoms with E-state index in [4.69, 9.17) is 4.74 Å². The van der Waals surface area contributed by atoms with E-state index >= 15 is 0 Å². The molecule has 0 saturated carbocycles. The minimum Gasteiger partial charge on any atom is -0.494 e. The molecule has 2 N–H and O–H groups in total. The maximum absolute atomic E-state index is 14.5. The number of hydrogen-bond acceptors (Lipinski definition) is 4. The molecule has 0 spiro atoms. The van der Waals surface area contributed by atoms with Crippen LogP contribution in [0.25, 0.3) is 0 Å². The topological polar surface area (TPSA) is 85.2 Å². The summed E-state index contributed by atoms with van der Waals surface area (Å²) in [5.41, 5.74) is 2.39. The molecule has 0 radical (unpaired) electrons. The van der Waals surface area contributed by atoms with E-state index in [0.717, 1.165) is 5.56 Å². The summed E-state index contributed by atoms with van der Waals surface area (Å²) in [6.07, 6.45) is 0. The van der Waals surface area contributed by atoms with Crippen LogP contribution in [0.2, 0.25) is 0 Å². The highest BCUT2D eigenvalue weighted by Crippen LogP contribution is 2.40. The third-order valence-corrected chi connectivity index (χ3v) is 5.29. The monoisotopic (exact) mass is 408 g/mol. The van der Waals surface area contributed by atoms with Gasteiger partial charge in [0.1, 0.15) is 11.9 Å². The molecular weight excluding hydrogens is 387 g/mol. The Morgan fingerprint density at radius 3 is 2.63 bits per heavy atom. The van der Waals surface area contributed by atoms with Crippen LogP contribution in [-0.2, 0) is 11.8 Å². The zero-order valence-electron chi connectivity index (χ0n) is 16.8. The van der Waals surface area contributed by atoms with E-state index in [1.165, 1.54) is 19.2 Å². The second-order valence-electron chi connectivity index (χ2n) is 7.15. The van der Waals surface area contributed by atoms with Gasteiger partial charge in [-0.15, -0.1) is 0 Å². The van der Waals surface area contributed by atoms with Gasteiger partial charge in [-0.05, 0) is 36.8 Å². The van der Waals surface area contributed by atoms with Crippen molar-refractivity contribution in [1.29, 1.82) is 0 Å². The van der Waals surface area contributed by atoms with Crippen molar-refractivity contribution in [2.24, 2.45) is 7.05 Å². The predicted molar refractivity (Wildman–Crippen MR) is 109 cm³/mol. The van der Waals surface area contributed by atoms with Gasteiger partial charge in [-0.25, -0.2) is 4.39 Å². The van der Waals surface area contributed by atoms with E-state index in [9.17, 15) is 14.0 Å². The summed E-state index contributed by atoms with van der Waals surface area (Å²) in [7, 11) is 3.11. The van der Waals surface area contributed by atoms with Gasteiger partial charge in [0.15, 0.2) is 11.6 Å². The smallest absolute Gasteiger partial charge is 0.251 e. The molecule has 8 heteroatoms. The normalized spacial score (nSPS) is 17.8. The molecule has 2 amide bonds. The SMILES string of the molecule is COc1ccc([C@@H]2c3c(C)nn(C)c3NC(=O)[C@H]2NC(=O)c2ccccc2)cc1F. The number of aromatic nitrogens is 2. The number of nitrogens with zero attached hydrogens (tertiary/aromatic N) is 2. The Kier molecular flexibility index (Phi) is 4.99. The summed E-state index contributed by atoms with van der Waals surface area (Å²) in [5, 5.41) is 10.0. The largest absolute Gasteiger partial charge is 0.494 e. The van der Waals surface area contributed by atoms with Gasteiger partial charge in [0, 0.05) is 24.1 Å². The van der Waals surface area contributed by atoms with Crippen LogP contribution in [0.1, 0.15) is 33.1 Å². The molecule has 0 bridgehead atoms. The van der Waals surface area contributed by atoms with Crippen LogP contribution in [0.5, 0.6) is 5.75 Å². The quantitative estimate of drug-likeness (QED) is 0.695. The van der Waals surface area contributed by atoms with Crippen LogP contribution in [0, 0.1) is 12.7 Å². The minimum absolute atomic E-state index is 0.104. The Labute approximate surface area is 172 Å². The number of halogens is 1. The van der Waals surface area contributed by atoms with E-state index in [-0.39, 0.29) is 11.7 Å². The lowest BCUT2D eigenvalue weighted by Gasteiger charge is -2.32. The van der Waals surface area contributed by atoms with Crippen molar-refractivity contribution >= 4 is 17.6 Å². The van der Waals surface area contributed by atoms with Crippen LogP contribution >= 0.6 is 0 Å². The Hall–Kier alpha value is -3.68. The predicted octanol–water partition coefficient (Wildman–Crippen LogP) is 2.76. The van der Waals surface area contributed by atoms with Gasteiger partial charge in [-0.3, -0.25) is 14.3 Å². The summed E-state index contributed by atoms with van der Waals surface area (Å²) in [6, 6.07) is 12.2. The maximum atomic E-state index is 14.5.